The maximum Gasteiger partial charge on any atom is 0.336 e. The predicted octanol–water partition coefficient (Wildman–Crippen LogP) is 1.05. The van der Waals surface area contributed by atoms with Crippen molar-refractivity contribution in [3.63, 3.8) is 0 Å². The summed E-state index contributed by atoms with van der Waals surface area (Å²) >= 11 is 0. The number of benzene rings is 1. The van der Waals surface area contributed by atoms with Crippen molar-refractivity contribution in [2.75, 3.05) is 19.8 Å². The Labute approximate surface area is 162 Å². The zero-order valence-corrected chi connectivity index (χ0v) is 16.2. The summed E-state index contributed by atoms with van der Waals surface area (Å²) in [7, 11) is 0. The third-order valence-electron chi connectivity index (χ3n) is 4.71. The fraction of sp³-hybridized carbons (Fsp3) is 0.500. The summed E-state index contributed by atoms with van der Waals surface area (Å²) in [5.41, 5.74) is 1.11. The molecule has 0 fully saturated rings. The number of fused-ring (bicyclic) bond motifs is 3. The largest absolute Gasteiger partial charge is 0.487 e. The highest BCUT2D eigenvalue weighted by atomic mass is 16.5. The molecule has 1 aromatic heterocycles. The van der Waals surface area contributed by atoms with Crippen molar-refractivity contribution in [2.45, 2.75) is 45.3 Å². The number of hydrogen-bond acceptors (Lipinski definition) is 7. The molecule has 0 spiro atoms. The van der Waals surface area contributed by atoms with Crippen LogP contribution in [0.15, 0.2) is 21.3 Å². The molecule has 1 atom stereocenters. The summed E-state index contributed by atoms with van der Waals surface area (Å²) in [6.45, 7) is 4.93. The Balaban J connectivity index is 1.93. The minimum absolute atomic E-state index is 0.0746. The van der Waals surface area contributed by atoms with Crippen LogP contribution >= 0.6 is 0 Å². The maximum absolute atomic E-state index is 12.0. The molecule has 0 unspecified atom stereocenters. The molecule has 1 aliphatic rings. The molecule has 0 saturated heterocycles. The van der Waals surface area contributed by atoms with Gasteiger partial charge in [0.05, 0.1) is 18.1 Å². The van der Waals surface area contributed by atoms with Gasteiger partial charge in [0.25, 0.3) is 5.91 Å². The van der Waals surface area contributed by atoms with Crippen LogP contribution in [0.1, 0.15) is 31.4 Å². The first-order valence-corrected chi connectivity index (χ1v) is 9.18. The standard InChI is InChI=1S/C20H25NO7/c1-11-6-17(25)27-19-13-4-5-20(2,3)28-14(13)7-15(18(11)19)26-10-16(24)21-8-12(23)9-22/h6-7,12,22-23H,4-5,8-10H2,1-3H3,(H,21,24)/t12-/m0/s1. The second-order valence-corrected chi connectivity index (χ2v) is 7.59. The minimum atomic E-state index is -1.03. The van der Waals surface area contributed by atoms with Crippen molar-refractivity contribution in [1.82, 2.24) is 5.32 Å². The Hall–Kier alpha value is -2.58. The van der Waals surface area contributed by atoms with E-state index in [9.17, 15) is 14.7 Å². The molecule has 3 rings (SSSR count). The van der Waals surface area contributed by atoms with Gasteiger partial charge in [0.2, 0.25) is 0 Å². The fourth-order valence-electron chi connectivity index (χ4n) is 3.22. The second kappa shape index (κ2) is 7.81. The van der Waals surface area contributed by atoms with E-state index in [1.165, 1.54) is 6.07 Å². The molecule has 0 saturated carbocycles. The van der Waals surface area contributed by atoms with Crippen LogP contribution in [0.25, 0.3) is 11.0 Å². The predicted molar refractivity (Wildman–Crippen MR) is 102 cm³/mol. The number of carbonyl (C=O) groups excluding carboxylic acids is 1. The topological polar surface area (TPSA) is 118 Å². The van der Waals surface area contributed by atoms with E-state index in [-0.39, 0.29) is 18.8 Å². The number of amides is 1. The van der Waals surface area contributed by atoms with Crippen LogP contribution in [-0.4, -0.2) is 47.6 Å². The molecule has 3 N–H and O–H groups in total. The van der Waals surface area contributed by atoms with Crippen molar-refractivity contribution in [1.29, 1.82) is 0 Å². The van der Waals surface area contributed by atoms with Gasteiger partial charge in [-0.15, -0.1) is 0 Å². The normalized spacial score (nSPS) is 16.2. The van der Waals surface area contributed by atoms with Crippen molar-refractivity contribution in [3.8, 4) is 11.5 Å². The summed E-state index contributed by atoms with van der Waals surface area (Å²) in [6.07, 6.45) is 0.453. The van der Waals surface area contributed by atoms with Gasteiger partial charge in [-0.3, -0.25) is 4.79 Å². The van der Waals surface area contributed by atoms with Gasteiger partial charge in [-0.05, 0) is 39.2 Å². The van der Waals surface area contributed by atoms with E-state index in [0.717, 1.165) is 12.0 Å². The van der Waals surface area contributed by atoms with Gasteiger partial charge >= 0.3 is 5.63 Å². The Morgan fingerprint density at radius 3 is 2.86 bits per heavy atom. The third-order valence-corrected chi connectivity index (χ3v) is 4.71. The summed E-state index contributed by atoms with van der Waals surface area (Å²) < 4.78 is 17.2. The first-order valence-electron chi connectivity index (χ1n) is 9.18. The molecule has 8 heteroatoms. The summed E-state index contributed by atoms with van der Waals surface area (Å²) in [4.78, 5) is 23.9. The molecular weight excluding hydrogens is 366 g/mol. The summed E-state index contributed by atoms with van der Waals surface area (Å²) in [6, 6.07) is 3.11. The zero-order chi connectivity index (χ0) is 20.5. The van der Waals surface area contributed by atoms with Crippen LogP contribution in [0.3, 0.4) is 0 Å². The molecule has 2 heterocycles. The molecule has 0 radical (unpaired) electrons. The van der Waals surface area contributed by atoms with Gasteiger partial charge in [0, 0.05) is 24.2 Å². The molecule has 1 aliphatic heterocycles. The molecule has 1 amide bonds. The number of ether oxygens (including phenoxy) is 2. The lowest BCUT2D eigenvalue weighted by Gasteiger charge is -2.33. The van der Waals surface area contributed by atoms with E-state index in [2.05, 4.69) is 5.32 Å². The molecule has 2 aromatic rings. The van der Waals surface area contributed by atoms with Gasteiger partial charge in [-0.2, -0.15) is 0 Å². The van der Waals surface area contributed by atoms with Crippen LogP contribution in [-0.2, 0) is 11.2 Å². The first-order chi connectivity index (χ1) is 13.2. The quantitative estimate of drug-likeness (QED) is 0.630. The summed E-state index contributed by atoms with van der Waals surface area (Å²) in [5.74, 6) is 0.504. The van der Waals surface area contributed by atoms with Crippen LogP contribution in [0.4, 0.5) is 0 Å². The van der Waals surface area contributed by atoms with Gasteiger partial charge < -0.3 is 29.4 Å². The molecule has 28 heavy (non-hydrogen) atoms. The Morgan fingerprint density at radius 2 is 2.14 bits per heavy atom. The van der Waals surface area contributed by atoms with Crippen molar-refractivity contribution in [2.24, 2.45) is 0 Å². The third kappa shape index (κ3) is 4.28. The number of nitrogens with one attached hydrogen (secondary N) is 1. The number of rotatable bonds is 6. The monoisotopic (exact) mass is 391 g/mol. The second-order valence-electron chi connectivity index (χ2n) is 7.59. The molecule has 0 bridgehead atoms. The average molecular weight is 391 g/mol. The molecule has 0 aliphatic carbocycles. The lowest BCUT2D eigenvalue weighted by atomic mass is 9.92. The highest BCUT2D eigenvalue weighted by Gasteiger charge is 2.30. The highest BCUT2D eigenvalue weighted by Crippen LogP contribution is 2.42. The van der Waals surface area contributed by atoms with Crippen molar-refractivity contribution < 1.29 is 28.9 Å². The number of hydrogen-bond donors (Lipinski definition) is 3. The average Bonchev–Trinajstić information content (AvgIpc) is 2.62. The van der Waals surface area contributed by atoms with E-state index in [0.29, 0.717) is 34.5 Å². The maximum atomic E-state index is 12.0. The van der Waals surface area contributed by atoms with Crippen LogP contribution in [0.5, 0.6) is 11.5 Å². The van der Waals surface area contributed by atoms with Crippen LogP contribution in [0.2, 0.25) is 0 Å². The zero-order valence-electron chi connectivity index (χ0n) is 16.2. The Morgan fingerprint density at radius 1 is 1.39 bits per heavy atom. The molecule has 152 valence electrons. The van der Waals surface area contributed by atoms with Gasteiger partial charge in [-0.25, -0.2) is 4.79 Å². The van der Waals surface area contributed by atoms with Gasteiger partial charge in [0.15, 0.2) is 6.61 Å². The summed E-state index contributed by atoms with van der Waals surface area (Å²) in [5, 5.41) is 21.2. The number of aliphatic hydroxyl groups excluding tert-OH is 2. The minimum Gasteiger partial charge on any atom is -0.487 e. The van der Waals surface area contributed by atoms with E-state index >= 15 is 0 Å². The van der Waals surface area contributed by atoms with Crippen LogP contribution in [0, 0.1) is 6.92 Å². The lowest BCUT2D eigenvalue weighted by Crippen LogP contribution is -2.36. The van der Waals surface area contributed by atoms with E-state index in [4.69, 9.17) is 19.0 Å². The number of aliphatic hydroxyl groups is 2. The van der Waals surface area contributed by atoms with Gasteiger partial charge in [-0.1, -0.05) is 0 Å². The van der Waals surface area contributed by atoms with Crippen LogP contribution < -0.4 is 20.4 Å². The highest BCUT2D eigenvalue weighted by molar-refractivity contribution is 5.91. The van der Waals surface area contributed by atoms with E-state index in [1.807, 2.05) is 13.8 Å². The SMILES string of the molecule is Cc1cc(=O)oc2c3c(cc(OCC(=O)NC[C@H](O)CO)c12)OC(C)(C)CC3. The number of aryl methyl sites for hydroxylation is 2. The Kier molecular flexibility index (Phi) is 5.62. The molecular formula is C20H25NO7. The smallest absolute Gasteiger partial charge is 0.336 e. The lowest BCUT2D eigenvalue weighted by molar-refractivity contribution is -0.123. The van der Waals surface area contributed by atoms with Crippen molar-refractivity contribution in [3.05, 3.63) is 33.7 Å². The fourth-order valence-corrected chi connectivity index (χ4v) is 3.22. The van der Waals surface area contributed by atoms with Gasteiger partial charge in [0.1, 0.15) is 22.7 Å². The number of carbonyl (C=O) groups is 1. The van der Waals surface area contributed by atoms with E-state index < -0.39 is 24.2 Å². The van der Waals surface area contributed by atoms with E-state index in [1.54, 1.807) is 13.0 Å². The molecule has 1 aromatic carbocycles. The first kappa shape index (κ1) is 20.2. The Bertz CT molecular complexity index is 948. The molecule has 8 nitrogen and oxygen atoms in total. The van der Waals surface area contributed by atoms with Crippen molar-refractivity contribution >= 4 is 16.9 Å².